The Morgan fingerprint density at radius 1 is 1.20 bits per heavy atom. The van der Waals surface area contributed by atoms with E-state index in [0.717, 1.165) is 18.5 Å². The molecule has 0 spiro atoms. The minimum Gasteiger partial charge on any atom is -0.488 e. The zero-order valence-electron chi connectivity index (χ0n) is 14.8. The molecule has 6 nitrogen and oxygen atoms in total. The first-order valence-electron chi connectivity index (χ1n) is 8.16. The number of ether oxygens (including phenoxy) is 3. The lowest BCUT2D eigenvalue weighted by Gasteiger charge is -2.13. The van der Waals surface area contributed by atoms with Crippen molar-refractivity contribution in [3.63, 3.8) is 0 Å². The van der Waals surface area contributed by atoms with Gasteiger partial charge in [0.25, 0.3) is 6.43 Å². The van der Waals surface area contributed by atoms with Crippen LogP contribution in [0, 0.1) is 0 Å². The Bertz CT molecular complexity index is 502. The van der Waals surface area contributed by atoms with E-state index in [9.17, 15) is 8.78 Å². The van der Waals surface area contributed by atoms with Crippen LogP contribution >= 0.6 is 0 Å². The molecule has 0 fully saturated rings. The molecule has 0 aliphatic heterocycles. The van der Waals surface area contributed by atoms with Gasteiger partial charge in [0.2, 0.25) is 0 Å². The molecule has 0 amide bonds. The molecule has 142 valence electrons. The van der Waals surface area contributed by atoms with Crippen LogP contribution in [-0.4, -0.2) is 59.5 Å². The van der Waals surface area contributed by atoms with Crippen LogP contribution in [0.1, 0.15) is 12.0 Å². The molecule has 0 heterocycles. The second-order valence-electron chi connectivity index (χ2n) is 5.16. The number of methoxy groups -OCH3 is 1. The number of hydrogen-bond acceptors (Lipinski definition) is 4. The molecule has 0 saturated carbocycles. The lowest BCUT2D eigenvalue weighted by atomic mass is 10.2. The number of halogens is 2. The molecule has 0 unspecified atom stereocenters. The number of nitrogens with zero attached hydrogens (tertiary/aromatic N) is 1. The van der Waals surface area contributed by atoms with Gasteiger partial charge in [-0.15, -0.1) is 0 Å². The number of rotatable bonds is 12. The summed E-state index contributed by atoms with van der Waals surface area (Å²) in [6.07, 6.45) is -1.63. The van der Waals surface area contributed by atoms with Gasteiger partial charge in [0.15, 0.2) is 5.96 Å². The number of alkyl halides is 2. The van der Waals surface area contributed by atoms with Gasteiger partial charge in [0.05, 0.1) is 13.2 Å². The monoisotopic (exact) mass is 359 g/mol. The van der Waals surface area contributed by atoms with E-state index < -0.39 is 13.0 Å². The van der Waals surface area contributed by atoms with Crippen LogP contribution in [0.25, 0.3) is 0 Å². The van der Waals surface area contributed by atoms with Gasteiger partial charge in [-0.3, -0.25) is 4.99 Å². The first-order chi connectivity index (χ1) is 12.2. The molecule has 0 aliphatic rings. The SMILES string of the molecule is CN=C(NCCCOCCOC)NCc1cccc(OCC(F)F)c1. The van der Waals surface area contributed by atoms with Crippen LogP contribution in [0.2, 0.25) is 0 Å². The first kappa shape index (κ1) is 21.1. The lowest BCUT2D eigenvalue weighted by molar-refractivity contribution is 0.0698. The molecule has 0 aliphatic carbocycles. The fraction of sp³-hybridized carbons (Fsp3) is 0.588. The van der Waals surface area contributed by atoms with E-state index in [2.05, 4.69) is 15.6 Å². The van der Waals surface area contributed by atoms with Gasteiger partial charge in [0.1, 0.15) is 12.4 Å². The third kappa shape index (κ3) is 10.5. The van der Waals surface area contributed by atoms with E-state index in [1.807, 2.05) is 6.07 Å². The number of hydrogen-bond donors (Lipinski definition) is 2. The summed E-state index contributed by atoms with van der Waals surface area (Å²) in [5, 5.41) is 6.35. The Morgan fingerprint density at radius 3 is 2.76 bits per heavy atom. The Morgan fingerprint density at radius 2 is 2.04 bits per heavy atom. The van der Waals surface area contributed by atoms with Crippen LogP contribution in [0.4, 0.5) is 8.78 Å². The van der Waals surface area contributed by atoms with E-state index in [-0.39, 0.29) is 0 Å². The first-order valence-corrected chi connectivity index (χ1v) is 8.16. The molecule has 25 heavy (non-hydrogen) atoms. The molecule has 2 N–H and O–H groups in total. The molecule has 0 atom stereocenters. The summed E-state index contributed by atoms with van der Waals surface area (Å²) in [4.78, 5) is 4.14. The maximum Gasteiger partial charge on any atom is 0.272 e. The summed E-state index contributed by atoms with van der Waals surface area (Å²) in [5.74, 6) is 1.09. The molecule has 0 saturated heterocycles. The third-order valence-electron chi connectivity index (χ3n) is 3.15. The molecule has 1 aromatic carbocycles. The topological polar surface area (TPSA) is 64.1 Å². The van der Waals surface area contributed by atoms with Gasteiger partial charge >= 0.3 is 0 Å². The van der Waals surface area contributed by atoms with Gasteiger partial charge in [-0.05, 0) is 24.1 Å². The van der Waals surface area contributed by atoms with Gasteiger partial charge in [0, 0.05) is 33.9 Å². The van der Waals surface area contributed by atoms with Gasteiger partial charge in [-0.25, -0.2) is 8.78 Å². The number of aliphatic imine (C=N–C) groups is 1. The zero-order valence-corrected chi connectivity index (χ0v) is 14.8. The average Bonchev–Trinajstić information content (AvgIpc) is 2.62. The van der Waals surface area contributed by atoms with E-state index in [0.29, 0.717) is 38.1 Å². The normalized spacial score (nSPS) is 11.6. The van der Waals surface area contributed by atoms with Crippen molar-refractivity contribution in [2.45, 2.75) is 19.4 Å². The van der Waals surface area contributed by atoms with E-state index >= 15 is 0 Å². The molecular formula is C17H27F2N3O3. The molecule has 0 aromatic heterocycles. The van der Waals surface area contributed by atoms with Crippen molar-refractivity contribution in [2.75, 3.05) is 47.1 Å². The van der Waals surface area contributed by atoms with Crippen LogP contribution in [0.15, 0.2) is 29.3 Å². The highest BCUT2D eigenvalue weighted by Crippen LogP contribution is 2.14. The largest absolute Gasteiger partial charge is 0.488 e. The predicted octanol–water partition coefficient (Wildman–Crippen LogP) is 2.05. The van der Waals surface area contributed by atoms with Gasteiger partial charge in [-0.2, -0.15) is 0 Å². The summed E-state index contributed by atoms with van der Waals surface area (Å²) < 4.78 is 39.6. The highest BCUT2D eigenvalue weighted by atomic mass is 19.3. The Labute approximate surface area is 147 Å². The maximum absolute atomic E-state index is 12.2. The number of guanidine groups is 1. The van der Waals surface area contributed by atoms with Crippen LogP contribution in [0.3, 0.4) is 0 Å². The quantitative estimate of drug-likeness (QED) is 0.340. The second-order valence-corrected chi connectivity index (χ2v) is 5.16. The minimum atomic E-state index is -2.48. The Kier molecular flexibility index (Phi) is 11.3. The summed E-state index contributed by atoms with van der Waals surface area (Å²) in [6.45, 7) is 2.47. The van der Waals surface area contributed by atoms with Crippen molar-refractivity contribution in [1.29, 1.82) is 0 Å². The highest BCUT2D eigenvalue weighted by Gasteiger charge is 2.04. The summed E-state index contributed by atoms with van der Waals surface area (Å²) >= 11 is 0. The third-order valence-corrected chi connectivity index (χ3v) is 3.15. The smallest absolute Gasteiger partial charge is 0.272 e. The standard InChI is InChI=1S/C17H27F2N3O3/c1-20-17(21-7-4-8-24-10-9-23-2)22-12-14-5-3-6-15(11-14)25-13-16(18)19/h3,5-6,11,16H,4,7-10,12-13H2,1-2H3,(H2,20,21,22). The number of benzene rings is 1. The van der Waals surface area contributed by atoms with Crippen molar-refractivity contribution in [1.82, 2.24) is 10.6 Å². The summed E-state index contributed by atoms with van der Waals surface area (Å²) in [7, 11) is 3.33. The molecule has 0 bridgehead atoms. The van der Waals surface area contributed by atoms with Crippen molar-refractivity contribution < 1.29 is 23.0 Å². The lowest BCUT2D eigenvalue weighted by Crippen LogP contribution is -2.37. The fourth-order valence-electron chi connectivity index (χ4n) is 1.94. The zero-order chi connectivity index (χ0) is 18.3. The summed E-state index contributed by atoms with van der Waals surface area (Å²) in [6, 6.07) is 7.04. The molecular weight excluding hydrogens is 332 g/mol. The molecule has 1 aromatic rings. The van der Waals surface area contributed by atoms with Crippen molar-refractivity contribution in [3.8, 4) is 5.75 Å². The minimum absolute atomic E-state index is 0.427. The maximum atomic E-state index is 12.2. The Hall–Kier alpha value is -1.93. The fourth-order valence-corrected chi connectivity index (χ4v) is 1.94. The van der Waals surface area contributed by atoms with Gasteiger partial charge in [-0.1, -0.05) is 12.1 Å². The van der Waals surface area contributed by atoms with E-state index in [1.54, 1.807) is 32.4 Å². The van der Waals surface area contributed by atoms with E-state index in [1.165, 1.54) is 0 Å². The molecule has 1 rings (SSSR count). The van der Waals surface area contributed by atoms with Crippen molar-refractivity contribution in [2.24, 2.45) is 4.99 Å². The van der Waals surface area contributed by atoms with Crippen LogP contribution in [0.5, 0.6) is 5.75 Å². The van der Waals surface area contributed by atoms with Crippen LogP contribution < -0.4 is 15.4 Å². The van der Waals surface area contributed by atoms with Crippen molar-refractivity contribution in [3.05, 3.63) is 29.8 Å². The van der Waals surface area contributed by atoms with Crippen LogP contribution in [-0.2, 0) is 16.0 Å². The summed E-state index contributed by atoms with van der Waals surface area (Å²) in [5.41, 5.74) is 0.914. The number of nitrogens with one attached hydrogen (secondary N) is 2. The van der Waals surface area contributed by atoms with E-state index in [4.69, 9.17) is 14.2 Å². The average molecular weight is 359 g/mol. The van der Waals surface area contributed by atoms with Crippen molar-refractivity contribution >= 4 is 5.96 Å². The highest BCUT2D eigenvalue weighted by molar-refractivity contribution is 5.79. The molecule has 8 heteroatoms. The second kappa shape index (κ2) is 13.4. The Balaban J connectivity index is 2.26. The molecule has 0 radical (unpaired) electrons. The van der Waals surface area contributed by atoms with Gasteiger partial charge < -0.3 is 24.8 Å². The predicted molar refractivity (Wildman–Crippen MR) is 93.5 cm³/mol.